The fraction of sp³-hybridized carbons (Fsp3) is 0.800. The van der Waals surface area contributed by atoms with Gasteiger partial charge in [0.25, 0.3) is 0 Å². The van der Waals surface area contributed by atoms with Crippen LogP contribution >= 0.6 is 0 Å². The van der Waals surface area contributed by atoms with Crippen LogP contribution in [0, 0.1) is 5.41 Å². The van der Waals surface area contributed by atoms with E-state index < -0.39 is 0 Å². The van der Waals surface area contributed by atoms with Crippen molar-refractivity contribution in [1.29, 1.82) is 0 Å². The van der Waals surface area contributed by atoms with E-state index in [1.807, 2.05) is 13.8 Å². The molecule has 0 spiro atoms. The monoisotopic (exact) mass is 156 g/mol. The highest BCUT2D eigenvalue weighted by Crippen LogP contribution is 2.27. The lowest BCUT2D eigenvalue weighted by molar-refractivity contribution is 0.220. The van der Waals surface area contributed by atoms with Crippen molar-refractivity contribution in [3.8, 4) is 0 Å². The normalized spacial score (nSPS) is 14.4. The largest absolute Gasteiger partial charge is 0.499 e. The molecule has 0 amide bonds. The Balaban J connectivity index is 4.39. The van der Waals surface area contributed by atoms with Gasteiger partial charge in [0.2, 0.25) is 0 Å². The maximum Gasteiger partial charge on any atom is 0.0923 e. The molecule has 66 valence electrons. The zero-order valence-electron chi connectivity index (χ0n) is 8.62. The molecule has 0 aromatic rings. The van der Waals surface area contributed by atoms with Gasteiger partial charge >= 0.3 is 0 Å². The minimum Gasteiger partial charge on any atom is -0.499 e. The van der Waals surface area contributed by atoms with Gasteiger partial charge in [-0.2, -0.15) is 0 Å². The average Bonchev–Trinajstić information content (AvgIpc) is 1.85. The van der Waals surface area contributed by atoms with E-state index >= 15 is 0 Å². The predicted octanol–water partition coefficient (Wildman–Crippen LogP) is 3.36. The molecule has 0 fully saturated rings. The van der Waals surface area contributed by atoms with Crippen molar-refractivity contribution in [3.63, 3.8) is 0 Å². The maximum absolute atomic E-state index is 5.41. The Morgan fingerprint density at radius 2 is 1.64 bits per heavy atom. The second-order valence-electron chi connectivity index (χ2n) is 3.86. The number of allylic oxidation sites excluding steroid dienone is 2. The van der Waals surface area contributed by atoms with Gasteiger partial charge in [-0.3, -0.25) is 0 Å². The Morgan fingerprint density at radius 1 is 1.18 bits per heavy atom. The highest BCUT2D eigenvalue weighted by atomic mass is 16.5. The van der Waals surface area contributed by atoms with E-state index in [1.165, 1.54) is 5.57 Å². The van der Waals surface area contributed by atoms with Gasteiger partial charge in [-0.1, -0.05) is 20.8 Å². The van der Waals surface area contributed by atoms with Crippen molar-refractivity contribution < 1.29 is 4.74 Å². The Bertz CT molecular complexity index is 149. The zero-order chi connectivity index (χ0) is 9.07. The number of ether oxygens (including phenoxy) is 1. The van der Waals surface area contributed by atoms with Crippen LogP contribution in [0.15, 0.2) is 11.3 Å². The summed E-state index contributed by atoms with van der Waals surface area (Å²) in [5.74, 6) is 1.07. The van der Waals surface area contributed by atoms with Crippen molar-refractivity contribution >= 4 is 0 Å². The Hall–Kier alpha value is -0.460. The molecule has 0 aliphatic rings. The molecular weight excluding hydrogens is 136 g/mol. The zero-order valence-corrected chi connectivity index (χ0v) is 8.62. The van der Waals surface area contributed by atoms with Crippen molar-refractivity contribution in [2.45, 2.75) is 41.5 Å². The molecule has 0 N–H and O–H groups in total. The molecule has 11 heavy (non-hydrogen) atoms. The Labute approximate surface area is 70.4 Å². The summed E-state index contributed by atoms with van der Waals surface area (Å²) in [5.41, 5.74) is 1.57. The molecule has 0 rings (SSSR count). The standard InChI is InChI=1S/C10H20O/c1-7-11-9(3)8(2)10(4,5)6/h7H2,1-6H3. The minimum atomic E-state index is 0.235. The van der Waals surface area contributed by atoms with Gasteiger partial charge in [-0.15, -0.1) is 0 Å². The summed E-state index contributed by atoms with van der Waals surface area (Å²) in [4.78, 5) is 0. The first-order valence-electron chi connectivity index (χ1n) is 4.20. The van der Waals surface area contributed by atoms with Crippen LogP contribution in [0.2, 0.25) is 0 Å². The van der Waals surface area contributed by atoms with Gasteiger partial charge < -0.3 is 4.74 Å². The predicted molar refractivity (Wildman–Crippen MR) is 49.5 cm³/mol. The number of hydrogen-bond donors (Lipinski definition) is 0. The Kier molecular flexibility index (Phi) is 3.64. The van der Waals surface area contributed by atoms with Gasteiger partial charge in [0, 0.05) is 0 Å². The van der Waals surface area contributed by atoms with Crippen LogP contribution in [0.3, 0.4) is 0 Å². The Morgan fingerprint density at radius 3 is 1.91 bits per heavy atom. The van der Waals surface area contributed by atoms with E-state index in [0.717, 1.165) is 12.4 Å². The molecule has 0 heterocycles. The smallest absolute Gasteiger partial charge is 0.0923 e. The maximum atomic E-state index is 5.41. The van der Waals surface area contributed by atoms with E-state index in [9.17, 15) is 0 Å². The lowest BCUT2D eigenvalue weighted by Gasteiger charge is -2.21. The van der Waals surface area contributed by atoms with E-state index in [4.69, 9.17) is 4.74 Å². The van der Waals surface area contributed by atoms with Gasteiger partial charge in [0.05, 0.1) is 12.4 Å². The molecule has 0 saturated carbocycles. The lowest BCUT2D eigenvalue weighted by atomic mass is 9.87. The van der Waals surface area contributed by atoms with Gasteiger partial charge in [-0.05, 0) is 31.8 Å². The molecular formula is C10H20O. The molecule has 0 saturated heterocycles. The highest BCUT2D eigenvalue weighted by Gasteiger charge is 2.15. The third-order valence-electron chi connectivity index (χ3n) is 2.01. The van der Waals surface area contributed by atoms with Crippen LogP contribution in [0.5, 0.6) is 0 Å². The SMILES string of the molecule is CCOC(C)=C(C)C(C)(C)C. The molecule has 0 radical (unpaired) electrons. The van der Waals surface area contributed by atoms with E-state index in [0.29, 0.717) is 0 Å². The molecule has 1 nitrogen and oxygen atoms in total. The molecule has 0 atom stereocenters. The minimum absolute atomic E-state index is 0.235. The molecule has 0 aliphatic carbocycles. The van der Waals surface area contributed by atoms with Crippen molar-refractivity contribution in [1.82, 2.24) is 0 Å². The van der Waals surface area contributed by atoms with Crippen LogP contribution in [0.25, 0.3) is 0 Å². The van der Waals surface area contributed by atoms with E-state index in [1.54, 1.807) is 0 Å². The first-order chi connectivity index (χ1) is 4.89. The quantitative estimate of drug-likeness (QED) is 0.557. The van der Waals surface area contributed by atoms with Crippen molar-refractivity contribution in [3.05, 3.63) is 11.3 Å². The van der Waals surface area contributed by atoms with Gasteiger partial charge in [0.15, 0.2) is 0 Å². The lowest BCUT2D eigenvalue weighted by Crippen LogP contribution is -2.09. The van der Waals surface area contributed by atoms with Gasteiger partial charge in [0.1, 0.15) is 0 Å². The van der Waals surface area contributed by atoms with Gasteiger partial charge in [-0.25, -0.2) is 0 Å². The summed E-state index contributed by atoms with van der Waals surface area (Å²) in [5, 5.41) is 0. The topological polar surface area (TPSA) is 9.23 Å². The second-order valence-corrected chi connectivity index (χ2v) is 3.86. The molecule has 0 aromatic carbocycles. The van der Waals surface area contributed by atoms with E-state index in [2.05, 4.69) is 27.7 Å². The number of rotatable bonds is 2. The summed E-state index contributed by atoms with van der Waals surface area (Å²) in [6.45, 7) is 13.5. The van der Waals surface area contributed by atoms with Crippen LogP contribution in [0.1, 0.15) is 41.5 Å². The summed E-state index contributed by atoms with van der Waals surface area (Å²) in [6.07, 6.45) is 0. The molecule has 0 aliphatic heterocycles. The van der Waals surface area contributed by atoms with E-state index in [-0.39, 0.29) is 5.41 Å². The summed E-state index contributed by atoms with van der Waals surface area (Å²) < 4.78 is 5.41. The molecule has 0 unspecified atom stereocenters. The van der Waals surface area contributed by atoms with Crippen LogP contribution < -0.4 is 0 Å². The third-order valence-corrected chi connectivity index (χ3v) is 2.01. The van der Waals surface area contributed by atoms with Crippen molar-refractivity contribution in [2.24, 2.45) is 5.41 Å². The second kappa shape index (κ2) is 3.80. The highest BCUT2D eigenvalue weighted by molar-refractivity contribution is 5.11. The van der Waals surface area contributed by atoms with Crippen LogP contribution in [0.4, 0.5) is 0 Å². The first kappa shape index (κ1) is 10.5. The summed E-state index contributed by atoms with van der Waals surface area (Å²) >= 11 is 0. The molecule has 1 heteroatoms. The third kappa shape index (κ3) is 3.45. The summed E-state index contributed by atoms with van der Waals surface area (Å²) in [7, 11) is 0. The number of hydrogen-bond acceptors (Lipinski definition) is 1. The van der Waals surface area contributed by atoms with Crippen molar-refractivity contribution in [2.75, 3.05) is 6.61 Å². The average molecular weight is 156 g/mol. The fourth-order valence-corrected chi connectivity index (χ4v) is 0.853. The summed E-state index contributed by atoms with van der Waals surface area (Å²) in [6, 6.07) is 0. The first-order valence-corrected chi connectivity index (χ1v) is 4.20. The fourth-order valence-electron chi connectivity index (χ4n) is 0.853. The molecule has 0 aromatic heterocycles. The van der Waals surface area contributed by atoms with Crippen LogP contribution in [-0.2, 0) is 4.74 Å². The van der Waals surface area contributed by atoms with Crippen LogP contribution in [-0.4, -0.2) is 6.61 Å². The molecule has 0 bridgehead atoms.